The van der Waals surface area contributed by atoms with Crippen molar-refractivity contribution in [3.63, 3.8) is 0 Å². The number of nitrogens with two attached hydrogens (primary N) is 1. The summed E-state index contributed by atoms with van der Waals surface area (Å²) in [7, 11) is 1.50. The first-order chi connectivity index (χ1) is 6.97. The zero-order valence-corrected chi connectivity index (χ0v) is 8.74. The lowest BCUT2D eigenvalue weighted by molar-refractivity contribution is 0.589. The molecule has 0 spiro atoms. The zero-order chi connectivity index (χ0) is 10.2. The van der Waals surface area contributed by atoms with Crippen molar-refractivity contribution in [3.05, 3.63) is 30.3 Å². The van der Waals surface area contributed by atoms with Gasteiger partial charge in [0, 0.05) is 31.9 Å². The van der Waals surface area contributed by atoms with E-state index in [2.05, 4.69) is 46.3 Å². The Bertz CT molecular complexity index is 230. The smallest absolute Gasteiger partial charge is 0.0367 e. The number of anilines is 1. The minimum absolute atomic E-state index is 1.11. The normalized spacial score (nSPS) is 15.7. The third kappa shape index (κ3) is 3.01. The molecule has 1 saturated heterocycles. The number of benzene rings is 1. The second kappa shape index (κ2) is 6.40. The van der Waals surface area contributed by atoms with Crippen LogP contribution in [-0.2, 0) is 0 Å². The van der Waals surface area contributed by atoms with Gasteiger partial charge in [0.25, 0.3) is 0 Å². The van der Waals surface area contributed by atoms with Gasteiger partial charge in [0.05, 0.1) is 0 Å². The van der Waals surface area contributed by atoms with Crippen LogP contribution in [0.4, 0.5) is 5.69 Å². The molecule has 0 atom stereocenters. The van der Waals surface area contributed by atoms with E-state index in [1.165, 1.54) is 12.7 Å². The molecule has 1 heterocycles. The van der Waals surface area contributed by atoms with Crippen LogP contribution in [0, 0.1) is 0 Å². The van der Waals surface area contributed by atoms with Gasteiger partial charge < -0.3 is 16.0 Å². The van der Waals surface area contributed by atoms with Gasteiger partial charge in [-0.25, -0.2) is 0 Å². The van der Waals surface area contributed by atoms with Crippen molar-refractivity contribution in [2.24, 2.45) is 5.73 Å². The van der Waals surface area contributed by atoms with Gasteiger partial charge in [-0.05, 0) is 19.2 Å². The molecule has 3 N–H and O–H groups in total. The molecule has 1 aliphatic heterocycles. The average Bonchev–Trinajstić information content (AvgIpc) is 2.34. The lowest BCUT2D eigenvalue weighted by Crippen LogP contribution is -2.43. The molecule has 0 amide bonds. The van der Waals surface area contributed by atoms with Gasteiger partial charge in [-0.1, -0.05) is 18.2 Å². The van der Waals surface area contributed by atoms with E-state index in [0.29, 0.717) is 0 Å². The van der Waals surface area contributed by atoms with Gasteiger partial charge in [-0.2, -0.15) is 0 Å². The molecule has 0 aromatic heterocycles. The summed E-state index contributed by atoms with van der Waals surface area (Å²) in [6.07, 6.45) is 0. The van der Waals surface area contributed by atoms with E-state index in [1.807, 2.05) is 0 Å². The quantitative estimate of drug-likeness (QED) is 0.689. The Balaban J connectivity index is 0.000000461. The summed E-state index contributed by atoms with van der Waals surface area (Å²) >= 11 is 0. The van der Waals surface area contributed by atoms with Gasteiger partial charge >= 0.3 is 0 Å². The maximum atomic E-state index is 4.50. The van der Waals surface area contributed by atoms with Crippen molar-refractivity contribution in [1.82, 2.24) is 5.32 Å². The largest absolute Gasteiger partial charge is 0.369 e. The molecule has 1 fully saturated rings. The van der Waals surface area contributed by atoms with E-state index in [1.54, 1.807) is 0 Å². The van der Waals surface area contributed by atoms with Crippen molar-refractivity contribution in [1.29, 1.82) is 0 Å². The Labute approximate surface area is 85.9 Å². The minimum atomic E-state index is 1.11. The van der Waals surface area contributed by atoms with Crippen LogP contribution in [0.5, 0.6) is 0 Å². The molecule has 0 bridgehead atoms. The van der Waals surface area contributed by atoms with E-state index in [0.717, 1.165) is 26.2 Å². The van der Waals surface area contributed by atoms with Crippen molar-refractivity contribution in [2.75, 3.05) is 38.1 Å². The Morgan fingerprint density at radius 2 is 1.64 bits per heavy atom. The summed E-state index contributed by atoms with van der Waals surface area (Å²) in [4.78, 5) is 2.41. The van der Waals surface area contributed by atoms with Crippen LogP contribution in [0.2, 0.25) is 0 Å². The van der Waals surface area contributed by atoms with E-state index in [4.69, 9.17) is 0 Å². The first kappa shape index (κ1) is 11.0. The molecule has 1 aromatic rings. The fourth-order valence-electron chi connectivity index (χ4n) is 1.56. The molecular formula is C11H19N3. The highest BCUT2D eigenvalue weighted by molar-refractivity contribution is 5.46. The van der Waals surface area contributed by atoms with Crippen LogP contribution in [-0.4, -0.2) is 33.2 Å². The van der Waals surface area contributed by atoms with Crippen LogP contribution in [0.1, 0.15) is 0 Å². The Morgan fingerprint density at radius 1 is 1.07 bits per heavy atom. The first-order valence-corrected chi connectivity index (χ1v) is 5.05. The van der Waals surface area contributed by atoms with E-state index >= 15 is 0 Å². The molecule has 0 aliphatic carbocycles. The van der Waals surface area contributed by atoms with Gasteiger partial charge in [-0.15, -0.1) is 0 Å². The molecule has 0 saturated carbocycles. The number of nitrogens with one attached hydrogen (secondary N) is 1. The first-order valence-electron chi connectivity index (χ1n) is 5.05. The number of hydrogen-bond donors (Lipinski definition) is 2. The summed E-state index contributed by atoms with van der Waals surface area (Å²) < 4.78 is 0. The van der Waals surface area contributed by atoms with Crippen molar-refractivity contribution >= 4 is 5.69 Å². The monoisotopic (exact) mass is 193 g/mol. The standard InChI is InChI=1S/C10H14N2.CH5N/c1-2-4-10(5-3-1)12-8-6-11-7-9-12;1-2/h1-5,11H,6-9H2;2H2,1H3. The summed E-state index contributed by atoms with van der Waals surface area (Å²) in [5.41, 5.74) is 5.85. The molecule has 0 unspecified atom stereocenters. The van der Waals surface area contributed by atoms with E-state index < -0.39 is 0 Å². The molecule has 78 valence electrons. The molecular weight excluding hydrogens is 174 g/mol. The van der Waals surface area contributed by atoms with Gasteiger partial charge in [0.2, 0.25) is 0 Å². The van der Waals surface area contributed by atoms with Crippen LogP contribution in [0.3, 0.4) is 0 Å². The number of para-hydroxylation sites is 1. The fraction of sp³-hybridized carbons (Fsp3) is 0.455. The Morgan fingerprint density at radius 3 is 2.21 bits per heavy atom. The molecule has 3 heteroatoms. The third-order valence-corrected chi connectivity index (χ3v) is 2.24. The molecule has 0 radical (unpaired) electrons. The highest BCUT2D eigenvalue weighted by atomic mass is 15.2. The number of piperazine rings is 1. The molecule has 1 aromatic carbocycles. The lowest BCUT2D eigenvalue weighted by Gasteiger charge is -2.29. The van der Waals surface area contributed by atoms with Crippen LogP contribution < -0.4 is 16.0 Å². The number of rotatable bonds is 1. The van der Waals surface area contributed by atoms with Gasteiger partial charge in [0.1, 0.15) is 0 Å². The molecule has 1 aliphatic rings. The van der Waals surface area contributed by atoms with Crippen molar-refractivity contribution in [2.45, 2.75) is 0 Å². The van der Waals surface area contributed by atoms with Crippen LogP contribution in [0.15, 0.2) is 30.3 Å². The number of nitrogens with zero attached hydrogens (tertiary/aromatic N) is 1. The SMILES string of the molecule is CN.c1ccc(N2CCNCC2)cc1. The molecule has 3 nitrogen and oxygen atoms in total. The van der Waals surface area contributed by atoms with Crippen LogP contribution >= 0.6 is 0 Å². The van der Waals surface area contributed by atoms with E-state index in [9.17, 15) is 0 Å². The topological polar surface area (TPSA) is 41.3 Å². The molecule has 14 heavy (non-hydrogen) atoms. The Kier molecular flexibility index (Phi) is 5.04. The molecule has 2 rings (SSSR count). The third-order valence-electron chi connectivity index (χ3n) is 2.24. The zero-order valence-electron chi connectivity index (χ0n) is 8.74. The second-order valence-electron chi connectivity index (χ2n) is 3.07. The highest BCUT2D eigenvalue weighted by Crippen LogP contribution is 2.12. The Hall–Kier alpha value is -1.06. The lowest BCUT2D eigenvalue weighted by atomic mass is 10.2. The summed E-state index contributed by atoms with van der Waals surface area (Å²) in [5.74, 6) is 0. The summed E-state index contributed by atoms with van der Waals surface area (Å²) in [6, 6.07) is 10.6. The minimum Gasteiger partial charge on any atom is -0.369 e. The van der Waals surface area contributed by atoms with Gasteiger partial charge in [-0.3, -0.25) is 0 Å². The van der Waals surface area contributed by atoms with E-state index in [-0.39, 0.29) is 0 Å². The summed E-state index contributed by atoms with van der Waals surface area (Å²) in [5, 5.41) is 3.34. The van der Waals surface area contributed by atoms with Crippen LogP contribution in [0.25, 0.3) is 0 Å². The predicted molar refractivity (Wildman–Crippen MR) is 61.6 cm³/mol. The second-order valence-corrected chi connectivity index (χ2v) is 3.07. The van der Waals surface area contributed by atoms with Gasteiger partial charge in [0.15, 0.2) is 0 Å². The fourth-order valence-corrected chi connectivity index (χ4v) is 1.56. The number of hydrogen-bond acceptors (Lipinski definition) is 3. The van der Waals surface area contributed by atoms with Crippen molar-refractivity contribution in [3.8, 4) is 0 Å². The van der Waals surface area contributed by atoms with Crippen molar-refractivity contribution < 1.29 is 0 Å². The maximum absolute atomic E-state index is 4.50. The highest BCUT2D eigenvalue weighted by Gasteiger charge is 2.08. The average molecular weight is 193 g/mol. The maximum Gasteiger partial charge on any atom is 0.0367 e. The summed E-state index contributed by atoms with van der Waals surface area (Å²) in [6.45, 7) is 4.47. The predicted octanol–water partition coefficient (Wildman–Crippen LogP) is 0.671.